The van der Waals surface area contributed by atoms with E-state index in [9.17, 15) is 0 Å². The number of ether oxygens (including phenoxy) is 2. The minimum Gasteiger partial charge on any atom is -0.378 e. The van der Waals surface area contributed by atoms with Crippen molar-refractivity contribution in [3.8, 4) is 0 Å². The van der Waals surface area contributed by atoms with Gasteiger partial charge in [-0.25, -0.2) is 4.99 Å². The van der Waals surface area contributed by atoms with Gasteiger partial charge in [-0.3, -0.25) is 0 Å². The van der Waals surface area contributed by atoms with Gasteiger partial charge in [-0.15, -0.1) is 24.0 Å². The van der Waals surface area contributed by atoms with Crippen LogP contribution in [-0.4, -0.2) is 63.4 Å². The number of halogens is 1. The van der Waals surface area contributed by atoms with Crippen molar-refractivity contribution in [2.45, 2.75) is 26.5 Å². The maximum atomic E-state index is 6.12. The largest absolute Gasteiger partial charge is 0.378 e. The number of rotatable bonds is 5. The van der Waals surface area contributed by atoms with Crippen LogP contribution >= 0.6 is 24.0 Å². The third-order valence-electron chi connectivity index (χ3n) is 5.98. The topological polar surface area (TPSA) is 49.3 Å². The summed E-state index contributed by atoms with van der Waals surface area (Å²) in [5.41, 5.74) is 5.06. The Morgan fingerprint density at radius 2 is 1.78 bits per heavy atom. The van der Waals surface area contributed by atoms with Gasteiger partial charge in [0.25, 0.3) is 0 Å². The van der Waals surface area contributed by atoms with Crippen LogP contribution in [0.2, 0.25) is 0 Å². The van der Waals surface area contributed by atoms with Gasteiger partial charge in [0.1, 0.15) is 6.10 Å². The van der Waals surface area contributed by atoms with E-state index in [0.717, 1.165) is 51.9 Å². The summed E-state index contributed by atoms with van der Waals surface area (Å²) in [5, 5.41) is 3.49. The van der Waals surface area contributed by atoms with Gasteiger partial charge in [0.2, 0.25) is 0 Å². The number of benzene rings is 2. The Hall–Kier alpha value is -1.84. The van der Waals surface area contributed by atoms with Gasteiger partial charge in [-0.2, -0.15) is 0 Å². The lowest BCUT2D eigenvalue weighted by atomic mass is 10.0. The highest BCUT2D eigenvalue weighted by Gasteiger charge is 2.25. The second kappa shape index (κ2) is 12.4. The number of guanidine groups is 1. The van der Waals surface area contributed by atoms with Gasteiger partial charge >= 0.3 is 0 Å². The van der Waals surface area contributed by atoms with Crippen molar-refractivity contribution in [3.63, 3.8) is 0 Å². The summed E-state index contributed by atoms with van der Waals surface area (Å²) < 4.78 is 11.6. The Morgan fingerprint density at radius 1 is 1.03 bits per heavy atom. The molecule has 32 heavy (non-hydrogen) atoms. The highest BCUT2D eigenvalue weighted by molar-refractivity contribution is 14.0. The average Bonchev–Trinajstić information content (AvgIpc) is 2.83. The van der Waals surface area contributed by atoms with Gasteiger partial charge < -0.3 is 24.6 Å². The van der Waals surface area contributed by atoms with Gasteiger partial charge in [0.05, 0.1) is 32.9 Å². The summed E-state index contributed by atoms with van der Waals surface area (Å²) in [6.45, 7) is 11.6. The Kier molecular flexibility index (Phi) is 9.62. The SMILES string of the molecule is CCNC(=NCc1ccccc1N1CCOCC1)N1CCOC(c2ccccc2C)C1.I. The smallest absolute Gasteiger partial charge is 0.194 e. The molecule has 6 nitrogen and oxygen atoms in total. The number of aliphatic imine (C=N–C) groups is 1. The molecule has 2 aromatic carbocycles. The predicted octanol–water partition coefficient (Wildman–Crippen LogP) is 3.99. The van der Waals surface area contributed by atoms with E-state index in [2.05, 4.69) is 77.5 Å². The second-order valence-corrected chi connectivity index (χ2v) is 8.06. The van der Waals surface area contributed by atoms with E-state index in [0.29, 0.717) is 13.2 Å². The quantitative estimate of drug-likeness (QED) is 0.347. The second-order valence-electron chi connectivity index (χ2n) is 8.06. The summed E-state index contributed by atoms with van der Waals surface area (Å²) in [7, 11) is 0. The molecule has 2 aliphatic rings. The fraction of sp³-hybridized carbons (Fsp3) is 0.480. The zero-order valence-corrected chi connectivity index (χ0v) is 21.5. The van der Waals surface area contributed by atoms with Crippen LogP contribution in [-0.2, 0) is 16.0 Å². The van der Waals surface area contributed by atoms with Crippen LogP contribution in [0.15, 0.2) is 53.5 Å². The van der Waals surface area contributed by atoms with Crippen molar-refractivity contribution in [1.82, 2.24) is 10.2 Å². The zero-order chi connectivity index (χ0) is 21.5. The van der Waals surface area contributed by atoms with Gasteiger partial charge in [-0.1, -0.05) is 42.5 Å². The minimum absolute atomic E-state index is 0. The molecule has 0 radical (unpaired) electrons. The summed E-state index contributed by atoms with van der Waals surface area (Å²) in [5.74, 6) is 0.959. The molecular formula is C25H35IN4O2. The first-order valence-electron chi connectivity index (χ1n) is 11.4. The molecular weight excluding hydrogens is 515 g/mol. The fourth-order valence-corrected chi connectivity index (χ4v) is 4.32. The summed E-state index contributed by atoms with van der Waals surface area (Å²) in [4.78, 5) is 9.77. The number of anilines is 1. The Balaban J connectivity index is 0.00000289. The number of morpholine rings is 2. The lowest BCUT2D eigenvalue weighted by Crippen LogP contribution is -2.48. The lowest BCUT2D eigenvalue weighted by molar-refractivity contribution is -0.00834. The third kappa shape index (κ3) is 6.14. The molecule has 0 saturated carbocycles. The van der Waals surface area contributed by atoms with Crippen molar-refractivity contribution in [1.29, 1.82) is 0 Å². The highest BCUT2D eigenvalue weighted by atomic mass is 127. The molecule has 2 aromatic rings. The van der Waals surface area contributed by atoms with Crippen LogP contribution in [0.5, 0.6) is 0 Å². The van der Waals surface area contributed by atoms with Gasteiger partial charge in [0, 0.05) is 31.9 Å². The third-order valence-corrected chi connectivity index (χ3v) is 5.98. The number of hydrogen-bond acceptors (Lipinski definition) is 4. The maximum absolute atomic E-state index is 6.12. The summed E-state index contributed by atoms with van der Waals surface area (Å²) in [6, 6.07) is 17.1. The lowest BCUT2D eigenvalue weighted by Gasteiger charge is -2.36. The summed E-state index contributed by atoms with van der Waals surface area (Å²) >= 11 is 0. The molecule has 1 N–H and O–H groups in total. The monoisotopic (exact) mass is 550 g/mol. The number of nitrogens with one attached hydrogen (secondary N) is 1. The van der Waals surface area contributed by atoms with Crippen molar-refractivity contribution in [3.05, 3.63) is 65.2 Å². The maximum Gasteiger partial charge on any atom is 0.194 e. The van der Waals surface area contributed by atoms with Crippen molar-refractivity contribution in [2.24, 2.45) is 4.99 Å². The molecule has 0 bridgehead atoms. The summed E-state index contributed by atoms with van der Waals surface area (Å²) in [6.07, 6.45) is 0.0689. The molecule has 0 aliphatic carbocycles. The van der Waals surface area contributed by atoms with Crippen LogP contribution in [0, 0.1) is 6.92 Å². The number of aryl methyl sites for hydroxylation is 1. The van der Waals surface area contributed by atoms with Crippen LogP contribution in [0.25, 0.3) is 0 Å². The van der Waals surface area contributed by atoms with E-state index in [4.69, 9.17) is 14.5 Å². The first kappa shape index (κ1) is 24.8. The molecule has 1 unspecified atom stereocenters. The first-order chi connectivity index (χ1) is 15.3. The standard InChI is InChI=1S/C25H34N4O2.HI/c1-3-26-25(29-14-17-31-24(19-29)22-10-6-4-8-20(22)2)27-18-21-9-5-7-11-23(21)28-12-15-30-16-13-28;/h4-11,24H,3,12-19H2,1-2H3,(H,26,27);1H. The van der Waals surface area contributed by atoms with E-state index in [1.54, 1.807) is 0 Å². The van der Waals surface area contributed by atoms with E-state index < -0.39 is 0 Å². The van der Waals surface area contributed by atoms with Crippen LogP contribution in [0.4, 0.5) is 5.69 Å². The zero-order valence-electron chi connectivity index (χ0n) is 19.1. The van der Waals surface area contributed by atoms with Crippen LogP contribution in [0.1, 0.15) is 29.7 Å². The molecule has 2 fully saturated rings. The molecule has 0 aromatic heterocycles. The number of hydrogen-bond donors (Lipinski definition) is 1. The number of nitrogens with zero attached hydrogens (tertiary/aromatic N) is 3. The van der Waals surface area contributed by atoms with E-state index in [1.165, 1.54) is 22.4 Å². The van der Waals surface area contributed by atoms with Crippen molar-refractivity contribution < 1.29 is 9.47 Å². The molecule has 7 heteroatoms. The molecule has 2 aliphatic heterocycles. The van der Waals surface area contributed by atoms with Crippen molar-refractivity contribution in [2.75, 3.05) is 57.4 Å². The normalized spacial score (nSPS) is 19.4. The predicted molar refractivity (Wildman–Crippen MR) is 141 cm³/mol. The van der Waals surface area contributed by atoms with Gasteiger partial charge in [-0.05, 0) is 36.6 Å². The van der Waals surface area contributed by atoms with E-state index in [-0.39, 0.29) is 30.1 Å². The average molecular weight is 550 g/mol. The molecule has 0 spiro atoms. The fourth-order valence-electron chi connectivity index (χ4n) is 4.32. The Bertz CT molecular complexity index is 886. The molecule has 4 rings (SSSR count). The first-order valence-corrected chi connectivity index (χ1v) is 11.4. The van der Waals surface area contributed by atoms with Gasteiger partial charge in [0.15, 0.2) is 5.96 Å². The molecule has 2 heterocycles. The van der Waals surface area contributed by atoms with E-state index in [1.807, 2.05) is 0 Å². The minimum atomic E-state index is 0. The molecule has 174 valence electrons. The molecule has 2 saturated heterocycles. The van der Waals surface area contributed by atoms with E-state index >= 15 is 0 Å². The van der Waals surface area contributed by atoms with Crippen LogP contribution < -0.4 is 10.2 Å². The number of para-hydroxylation sites is 1. The molecule has 1 atom stereocenters. The van der Waals surface area contributed by atoms with Crippen molar-refractivity contribution >= 4 is 35.6 Å². The Morgan fingerprint density at radius 3 is 2.56 bits per heavy atom. The van der Waals surface area contributed by atoms with Crippen LogP contribution in [0.3, 0.4) is 0 Å². The highest BCUT2D eigenvalue weighted by Crippen LogP contribution is 2.26. The Labute approximate surface area is 209 Å². The molecule has 0 amide bonds.